The molecule has 3 amide bonds. The van der Waals surface area contributed by atoms with Crippen LogP contribution >= 0.6 is 0 Å². The first-order valence-corrected chi connectivity index (χ1v) is 14.9. The molecule has 1 aliphatic rings. The zero-order valence-corrected chi connectivity index (χ0v) is 25.7. The average molecular weight is 632 g/mol. The van der Waals surface area contributed by atoms with Gasteiger partial charge in [0.25, 0.3) is 0 Å². The summed E-state index contributed by atoms with van der Waals surface area (Å²) < 4.78 is 0. The van der Waals surface area contributed by atoms with Gasteiger partial charge < -0.3 is 42.9 Å². The molecule has 0 unspecified atom stereocenters. The number of carboxylic acid groups (broad SMARTS) is 2. The number of carboxylic acids is 2. The van der Waals surface area contributed by atoms with Gasteiger partial charge in [0.2, 0.25) is 17.7 Å². The molecule has 1 aromatic rings. The van der Waals surface area contributed by atoms with Crippen LogP contribution in [0.2, 0.25) is 0 Å². The van der Waals surface area contributed by atoms with E-state index in [0.29, 0.717) is 24.8 Å². The second kappa shape index (κ2) is 17.7. The summed E-state index contributed by atoms with van der Waals surface area (Å²) >= 11 is 0. The Morgan fingerprint density at radius 1 is 1.00 bits per heavy atom. The number of nitrogens with zero attached hydrogens (tertiary/aromatic N) is 2. The number of amides is 3. The number of hydrogen-bond acceptors (Lipinski definition) is 8. The Bertz CT molecular complexity index is 1240. The molecular weight excluding hydrogens is 586 g/mol. The SMILES string of the molecule is CC(C)[C@H](CC(=O)[C@H](CC(=O)O)NC(=O)[C@@H]1CCCN1C(=O)[C@H](N)CCCN=C(N)N)C(=O)N[C@@H](Cc1ccccc1)C(=O)O. The predicted molar refractivity (Wildman–Crippen MR) is 164 cm³/mol. The Labute approximate surface area is 262 Å². The van der Waals surface area contributed by atoms with Crippen molar-refractivity contribution in [2.75, 3.05) is 13.1 Å². The largest absolute Gasteiger partial charge is 0.481 e. The molecule has 0 bridgehead atoms. The molecule has 0 saturated carbocycles. The maximum Gasteiger partial charge on any atom is 0.326 e. The van der Waals surface area contributed by atoms with E-state index in [2.05, 4.69) is 15.6 Å². The Balaban J connectivity index is 2.10. The number of nitrogens with one attached hydrogen (secondary N) is 2. The third kappa shape index (κ3) is 11.8. The topological polar surface area (TPSA) is 261 Å². The van der Waals surface area contributed by atoms with Crippen molar-refractivity contribution >= 4 is 41.4 Å². The number of aliphatic imine (C=N–C) groups is 1. The average Bonchev–Trinajstić information content (AvgIpc) is 3.47. The van der Waals surface area contributed by atoms with Gasteiger partial charge in [0.1, 0.15) is 12.1 Å². The normalized spacial score (nSPS) is 17.1. The maximum absolute atomic E-state index is 13.4. The Morgan fingerprint density at radius 3 is 2.24 bits per heavy atom. The number of benzene rings is 1. The fourth-order valence-electron chi connectivity index (χ4n) is 5.17. The first kappa shape index (κ1) is 36.7. The Hall–Kier alpha value is -4.53. The summed E-state index contributed by atoms with van der Waals surface area (Å²) in [7, 11) is 0. The molecule has 1 saturated heterocycles. The van der Waals surface area contributed by atoms with Crippen LogP contribution in [0.4, 0.5) is 0 Å². The molecule has 0 radical (unpaired) electrons. The van der Waals surface area contributed by atoms with Gasteiger partial charge in [-0.3, -0.25) is 29.0 Å². The summed E-state index contributed by atoms with van der Waals surface area (Å²) in [6, 6.07) is 4.13. The van der Waals surface area contributed by atoms with Crippen LogP contribution in [0.25, 0.3) is 0 Å². The van der Waals surface area contributed by atoms with Gasteiger partial charge in [-0.2, -0.15) is 0 Å². The second-order valence-electron chi connectivity index (χ2n) is 11.5. The molecule has 1 aliphatic heterocycles. The number of carbonyl (C=O) groups excluding carboxylic acids is 4. The van der Waals surface area contributed by atoms with E-state index in [0.717, 1.165) is 0 Å². The molecule has 2 rings (SSSR count). The van der Waals surface area contributed by atoms with Gasteiger partial charge in [-0.05, 0) is 37.2 Å². The van der Waals surface area contributed by atoms with E-state index >= 15 is 0 Å². The quantitative estimate of drug-likeness (QED) is 0.0609. The molecule has 15 heteroatoms. The van der Waals surface area contributed by atoms with Crippen molar-refractivity contribution < 1.29 is 39.0 Å². The summed E-state index contributed by atoms with van der Waals surface area (Å²) in [5.74, 6) is -6.64. The summed E-state index contributed by atoms with van der Waals surface area (Å²) in [5, 5.41) is 24.2. The lowest BCUT2D eigenvalue weighted by Crippen LogP contribution is -2.54. The van der Waals surface area contributed by atoms with Crippen LogP contribution in [0.15, 0.2) is 35.3 Å². The van der Waals surface area contributed by atoms with E-state index in [-0.39, 0.29) is 31.9 Å². The van der Waals surface area contributed by atoms with E-state index in [4.69, 9.17) is 17.2 Å². The van der Waals surface area contributed by atoms with Crippen molar-refractivity contribution in [1.82, 2.24) is 15.5 Å². The zero-order chi connectivity index (χ0) is 33.7. The van der Waals surface area contributed by atoms with Crippen molar-refractivity contribution in [3.8, 4) is 0 Å². The number of guanidine groups is 1. The van der Waals surface area contributed by atoms with Gasteiger partial charge in [0, 0.05) is 31.8 Å². The highest BCUT2D eigenvalue weighted by atomic mass is 16.4. The number of ketones is 1. The first-order valence-electron chi connectivity index (χ1n) is 14.9. The molecule has 1 heterocycles. The predicted octanol–water partition coefficient (Wildman–Crippen LogP) is -0.639. The molecule has 10 N–H and O–H groups in total. The van der Waals surface area contributed by atoms with Crippen LogP contribution in [0.3, 0.4) is 0 Å². The van der Waals surface area contributed by atoms with Crippen LogP contribution in [-0.4, -0.2) is 93.8 Å². The van der Waals surface area contributed by atoms with Gasteiger partial charge in [-0.25, -0.2) is 4.79 Å². The van der Waals surface area contributed by atoms with Crippen LogP contribution in [-0.2, 0) is 35.2 Å². The molecule has 15 nitrogen and oxygen atoms in total. The van der Waals surface area contributed by atoms with Crippen molar-refractivity contribution in [3.63, 3.8) is 0 Å². The lowest BCUT2D eigenvalue weighted by atomic mass is 9.87. The van der Waals surface area contributed by atoms with Crippen LogP contribution in [0.1, 0.15) is 57.9 Å². The zero-order valence-electron chi connectivity index (χ0n) is 25.7. The number of carbonyl (C=O) groups is 6. The van der Waals surface area contributed by atoms with E-state index in [9.17, 15) is 39.0 Å². The molecule has 1 aromatic carbocycles. The highest BCUT2D eigenvalue weighted by Gasteiger charge is 2.39. The highest BCUT2D eigenvalue weighted by Crippen LogP contribution is 2.22. The summed E-state index contributed by atoms with van der Waals surface area (Å²) in [6.45, 7) is 3.90. The number of hydrogen-bond donors (Lipinski definition) is 7. The van der Waals surface area contributed by atoms with E-state index in [1.807, 2.05) is 0 Å². The van der Waals surface area contributed by atoms with Crippen LogP contribution in [0.5, 0.6) is 0 Å². The number of likely N-dealkylation sites (tertiary alicyclic amines) is 1. The van der Waals surface area contributed by atoms with Gasteiger partial charge in [0.05, 0.1) is 18.5 Å². The Kier molecular flexibility index (Phi) is 14.4. The summed E-state index contributed by atoms with van der Waals surface area (Å²) in [5.41, 5.74) is 17.3. The van der Waals surface area contributed by atoms with E-state index < -0.39 is 84.3 Å². The van der Waals surface area contributed by atoms with Crippen LogP contribution in [0, 0.1) is 11.8 Å². The maximum atomic E-state index is 13.4. The smallest absolute Gasteiger partial charge is 0.326 e. The summed E-state index contributed by atoms with van der Waals surface area (Å²) in [6.07, 6.45) is 0.352. The molecule has 0 aliphatic carbocycles. The van der Waals surface area contributed by atoms with Gasteiger partial charge in [0.15, 0.2) is 11.7 Å². The number of aliphatic carboxylic acids is 2. The fraction of sp³-hybridized carbons (Fsp3) is 0.567. The van der Waals surface area contributed by atoms with Crippen molar-refractivity contribution in [1.29, 1.82) is 0 Å². The monoisotopic (exact) mass is 631 g/mol. The van der Waals surface area contributed by atoms with Crippen molar-refractivity contribution in [2.45, 2.75) is 83.0 Å². The minimum absolute atomic E-state index is 0.0227. The lowest BCUT2D eigenvalue weighted by molar-refractivity contribution is -0.144. The minimum atomic E-state index is -1.48. The molecule has 5 atom stereocenters. The molecule has 248 valence electrons. The van der Waals surface area contributed by atoms with Gasteiger partial charge in [-0.15, -0.1) is 0 Å². The number of nitrogens with two attached hydrogens (primary N) is 3. The number of rotatable bonds is 18. The molecule has 0 spiro atoms. The molecule has 45 heavy (non-hydrogen) atoms. The molecular formula is C30H45N7O8. The highest BCUT2D eigenvalue weighted by molar-refractivity contribution is 5.97. The standard InChI is InChI=1S/C30H45N7O8/c1-17(2)19(26(41)36-22(29(44)45)14-18-8-4-3-5-9-18)15-24(38)21(16-25(39)40)35-27(42)23-11-7-13-37(23)28(43)20(31)10-6-12-34-30(32)33/h3-5,8-9,17,19-23H,6-7,10-16,31H2,1-2H3,(H,35,42)(H,36,41)(H,39,40)(H,44,45)(H4,32,33,34)/t19-,20+,21-,22-,23-/m0/s1. The van der Waals surface area contributed by atoms with Crippen molar-refractivity contribution in [3.05, 3.63) is 35.9 Å². The van der Waals surface area contributed by atoms with Crippen molar-refractivity contribution in [2.24, 2.45) is 34.0 Å². The fourth-order valence-corrected chi connectivity index (χ4v) is 5.17. The van der Waals surface area contributed by atoms with Gasteiger partial charge >= 0.3 is 11.9 Å². The number of Topliss-reactive ketones (excluding diaryl/α,β-unsaturated/α-hetero) is 1. The van der Waals surface area contributed by atoms with Gasteiger partial charge in [-0.1, -0.05) is 44.2 Å². The molecule has 0 aromatic heterocycles. The third-order valence-corrected chi connectivity index (χ3v) is 7.67. The van der Waals surface area contributed by atoms with E-state index in [1.54, 1.807) is 44.2 Å². The lowest BCUT2D eigenvalue weighted by Gasteiger charge is -2.28. The summed E-state index contributed by atoms with van der Waals surface area (Å²) in [4.78, 5) is 81.6. The molecule has 1 fully saturated rings. The Morgan fingerprint density at radius 2 is 1.67 bits per heavy atom. The van der Waals surface area contributed by atoms with Crippen LogP contribution < -0.4 is 27.8 Å². The first-order chi connectivity index (χ1) is 21.2. The second-order valence-corrected chi connectivity index (χ2v) is 11.5. The third-order valence-electron chi connectivity index (χ3n) is 7.67. The minimum Gasteiger partial charge on any atom is -0.481 e. The van der Waals surface area contributed by atoms with E-state index in [1.165, 1.54) is 4.90 Å².